The van der Waals surface area contributed by atoms with Crippen LogP contribution in [0.15, 0.2) is 29.2 Å². The maximum atomic E-state index is 12.6. The Morgan fingerprint density at radius 3 is 2.31 bits per heavy atom. The quantitative estimate of drug-likeness (QED) is 0.528. The van der Waals surface area contributed by atoms with Gasteiger partial charge < -0.3 is 19.1 Å². The van der Waals surface area contributed by atoms with E-state index in [4.69, 9.17) is 14.2 Å². The number of benzene rings is 1. The molecule has 1 saturated heterocycles. The second-order valence-electron chi connectivity index (χ2n) is 7.74. The van der Waals surface area contributed by atoms with Crippen LogP contribution in [0.25, 0.3) is 0 Å². The zero-order valence-corrected chi connectivity index (χ0v) is 18.6. The molecule has 158 valence electrons. The fourth-order valence-corrected chi connectivity index (χ4v) is 4.21. The topological polar surface area (TPSA) is 65.1 Å². The van der Waals surface area contributed by atoms with E-state index >= 15 is 0 Å². The van der Waals surface area contributed by atoms with Gasteiger partial charge in [-0.25, -0.2) is 4.79 Å². The predicted molar refractivity (Wildman–Crippen MR) is 113 cm³/mol. The first-order valence-corrected chi connectivity index (χ1v) is 10.4. The summed E-state index contributed by atoms with van der Waals surface area (Å²) in [6.45, 7) is 8.50. The maximum absolute atomic E-state index is 12.6. The van der Waals surface area contributed by atoms with Gasteiger partial charge in [0.2, 0.25) is 0 Å². The highest BCUT2D eigenvalue weighted by Crippen LogP contribution is 2.42. The van der Waals surface area contributed by atoms with Gasteiger partial charge in [-0.05, 0) is 64.8 Å². The predicted octanol–water partition coefficient (Wildman–Crippen LogP) is 4.12. The van der Waals surface area contributed by atoms with E-state index in [0.29, 0.717) is 32.5 Å². The summed E-state index contributed by atoms with van der Waals surface area (Å²) in [5.74, 6) is 6.09. The average molecular weight is 420 g/mol. The highest BCUT2D eigenvalue weighted by molar-refractivity contribution is 8.01. The van der Waals surface area contributed by atoms with Gasteiger partial charge in [-0.1, -0.05) is 5.92 Å². The Labute approximate surface area is 177 Å². The van der Waals surface area contributed by atoms with Crippen molar-refractivity contribution in [2.45, 2.75) is 55.8 Å². The number of rotatable bonds is 5. The third kappa shape index (κ3) is 6.60. The third-order valence-corrected chi connectivity index (χ3v) is 5.88. The van der Waals surface area contributed by atoms with Gasteiger partial charge in [-0.3, -0.25) is 4.79 Å². The second-order valence-corrected chi connectivity index (χ2v) is 9.20. The molecule has 0 N–H and O–H groups in total. The summed E-state index contributed by atoms with van der Waals surface area (Å²) in [5.41, 5.74) is -0.546. The molecule has 1 aliphatic rings. The van der Waals surface area contributed by atoms with Crippen LogP contribution in [-0.2, 0) is 14.3 Å². The number of amides is 1. The normalized spacial score (nSPS) is 15.7. The van der Waals surface area contributed by atoms with Gasteiger partial charge in [-0.2, -0.15) is 0 Å². The molecule has 1 aromatic carbocycles. The van der Waals surface area contributed by atoms with Crippen LogP contribution in [0.3, 0.4) is 0 Å². The number of esters is 1. The number of hydrogen-bond donors (Lipinski definition) is 0. The van der Waals surface area contributed by atoms with Crippen molar-refractivity contribution in [1.29, 1.82) is 0 Å². The number of likely N-dealkylation sites (tertiary alicyclic amines) is 1. The summed E-state index contributed by atoms with van der Waals surface area (Å²) in [5, 5.41) is 0. The number of methoxy groups -OCH3 is 1. The van der Waals surface area contributed by atoms with Crippen LogP contribution in [0.2, 0.25) is 0 Å². The molecule has 0 saturated carbocycles. The maximum Gasteiger partial charge on any atom is 0.410 e. The number of nitrogens with zero attached hydrogens (tertiary/aromatic N) is 1. The molecule has 2 rings (SSSR count). The monoisotopic (exact) mass is 419 g/mol. The minimum Gasteiger partial charge on any atom is -0.481 e. The van der Waals surface area contributed by atoms with Crippen LogP contribution in [0.1, 0.15) is 40.5 Å². The summed E-state index contributed by atoms with van der Waals surface area (Å²) < 4.78 is 15.3. The van der Waals surface area contributed by atoms with E-state index in [2.05, 4.69) is 11.8 Å². The summed E-state index contributed by atoms with van der Waals surface area (Å²) in [6.07, 6.45) is 0.639. The number of hydrogen-bond acceptors (Lipinski definition) is 6. The standard InChI is InChI=1S/C22H29NO5S/c1-6-7-16-27-17-8-10-18(11-9-17)29-22(19(24)26-5)12-14-23(15-13-22)20(25)28-21(2,3)4/h8-11H,12-16H2,1-5H3. The Balaban J connectivity index is 2.05. The molecule has 1 fully saturated rings. The molecular formula is C22H29NO5S. The van der Waals surface area contributed by atoms with Gasteiger partial charge in [0.15, 0.2) is 0 Å². The molecule has 29 heavy (non-hydrogen) atoms. The number of carbonyl (C=O) groups excluding carboxylic acids is 2. The molecule has 1 aromatic rings. The molecule has 0 atom stereocenters. The van der Waals surface area contributed by atoms with E-state index in [1.807, 2.05) is 45.0 Å². The van der Waals surface area contributed by atoms with Crippen molar-refractivity contribution in [3.8, 4) is 17.6 Å². The van der Waals surface area contributed by atoms with E-state index in [1.165, 1.54) is 18.9 Å². The number of thioether (sulfide) groups is 1. The minimum absolute atomic E-state index is 0.273. The van der Waals surface area contributed by atoms with Crippen molar-refractivity contribution in [1.82, 2.24) is 4.90 Å². The molecule has 0 spiro atoms. The zero-order chi connectivity index (χ0) is 21.5. The van der Waals surface area contributed by atoms with E-state index in [0.717, 1.165) is 10.6 Å². The zero-order valence-electron chi connectivity index (χ0n) is 17.7. The van der Waals surface area contributed by atoms with Gasteiger partial charge in [0.1, 0.15) is 22.7 Å². The number of ether oxygens (including phenoxy) is 3. The first-order chi connectivity index (χ1) is 13.7. The lowest BCUT2D eigenvalue weighted by molar-refractivity contribution is -0.144. The fraction of sp³-hybridized carbons (Fsp3) is 0.545. The van der Waals surface area contributed by atoms with Crippen molar-refractivity contribution in [3.63, 3.8) is 0 Å². The summed E-state index contributed by atoms with van der Waals surface area (Å²) in [7, 11) is 1.40. The fourth-order valence-electron chi connectivity index (χ4n) is 2.93. The first kappa shape index (κ1) is 23.0. The van der Waals surface area contributed by atoms with Crippen LogP contribution in [0.4, 0.5) is 4.79 Å². The van der Waals surface area contributed by atoms with Crippen molar-refractivity contribution in [3.05, 3.63) is 24.3 Å². The van der Waals surface area contributed by atoms with E-state index < -0.39 is 10.3 Å². The van der Waals surface area contributed by atoms with Crippen LogP contribution in [-0.4, -0.2) is 54.1 Å². The molecule has 0 aromatic heterocycles. The lowest BCUT2D eigenvalue weighted by Crippen LogP contribution is -2.50. The second kappa shape index (κ2) is 9.93. The van der Waals surface area contributed by atoms with Gasteiger partial charge in [0.05, 0.1) is 7.11 Å². The first-order valence-electron chi connectivity index (χ1n) is 9.57. The Bertz CT molecular complexity index is 765. The molecule has 1 heterocycles. The molecule has 0 radical (unpaired) electrons. The van der Waals surface area contributed by atoms with Crippen LogP contribution in [0, 0.1) is 11.8 Å². The highest BCUT2D eigenvalue weighted by Gasteiger charge is 2.45. The van der Waals surface area contributed by atoms with Gasteiger partial charge in [0.25, 0.3) is 0 Å². The highest BCUT2D eigenvalue weighted by atomic mass is 32.2. The Kier molecular flexibility index (Phi) is 7.86. The molecule has 1 aliphatic heterocycles. The summed E-state index contributed by atoms with van der Waals surface area (Å²) in [4.78, 5) is 27.5. The van der Waals surface area contributed by atoms with Crippen LogP contribution in [0.5, 0.6) is 5.75 Å². The van der Waals surface area contributed by atoms with Gasteiger partial charge >= 0.3 is 12.1 Å². The van der Waals surface area contributed by atoms with E-state index in [-0.39, 0.29) is 12.1 Å². The molecule has 0 bridgehead atoms. The molecular weight excluding hydrogens is 390 g/mol. The van der Waals surface area contributed by atoms with E-state index in [9.17, 15) is 9.59 Å². The van der Waals surface area contributed by atoms with Crippen LogP contribution < -0.4 is 4.74 Å². The molecule has 6 nitrogen and oxygen atoms in total. The van der Waals surface area contributed by atoms with Gasteiger partial charge in [-0.15, -0.1) is 17.7 Å². The Morgan fingerprint density at radius 1 is 1.17 bits per heavy atom. The molecule has 0 unspecified atom stereocenters. The summed E-state index contributed by atoms with van der Waals surface area (Å²) in [6, 6.07) is 7.57. The number of carbonyl (C=O) groups is 2. The SMILES string of the molecule is CC#CCOc1ccc(SC2(C(=O)OC)CCN(C(=O)OC(C)(C)C)CC2)cc1. The van der Waals surface area contributed by atoms with Crippen molar-refractivity contribution in [2.24, 2.45) is 0 Å². The Hall–Kier alpha value is -2.33. The largest absolute Gasteiger partial charge is 0.481 e. The van der Waals surface area contributed by atoms with Crippen molar-refractivity contribution < 1.29 is 23.8 Å². The lowest BCUT2D eigenvalue weighted by Gasteiger charge is -2.39. The average Bonchev–Trinajstić information content (AvgIpc) is 2.68. The molecule has 7 heteroatoms. The van der Waals surface area contributed by atoms with Crippen molar-refractivity contribution >= 4 is 23.8 Å². The van der Waals surface area contributed by atoms with Crippen molar-refractivity contribution in [2.75, 3.05) is 26.8 Å². The molecule has 0 aliphatic carbocycles. The lowest BCUT2D eigenvalue weighted by atomic mass is 9.96. The van der Waals surface area contributed by atoms with Crippen LogP contribution >= 0.6 is 11.8 Å². The molecule has 1 amide bonds. The minimum atomic E-state index is -0.733. The third-order valence-electron chi connectivity index (χ3n) is 4.40. The summed E-state index contributed by atoms with van der Waals surface area (Å²) >= 11 is 1.47. The van der Waals surface area contributed by atoms with E-state index in [1.54, 1.807) is 11.8 Å². The van der Waals surface area contributed by atoms with Gasteiger partial charge in [0, 0.05) is 18.0 Å². The smallest absolute Gasteiger partial charge is 0.410 e. The Morgan fingerprint density at radius 2 is 1.79 bits per heavy atom. The number of piperidine rings is 1.